The van der Waals surface area contributed by atoms with E-state index in [1.165, 1.54) is 17.3 Å². The van der Waals surface area contributed by atoms with Crippen LogP contribution in [0.3, 0.4) is 0 Å². The molecule has 5 rings (SSSR count). The van der Waals surface area contributed by atoms with Crippen LogP contribution in [0.4, 0.5) is 23.1 Å². The highest BCUT2D eigenvalue weighted by Crippen LogP contribution is 2.37. The Hall–Kier alpha value is -2.92. The molecule has 0 radical (unpaired) electrons. The van der Waals surface area contributed by atoms with Crippen LogP contribution in [0.1, 0.15) is 51.7 Å². The number of ether oxygens (including phenoxy) is 1. The number of nitrogens with zero attached hydrogens (tertiary/aromatic N) is 3. The predicted octanol–water partition coefficient (Wildman–Crippen LogP) is 5.65. The van der Waals surface area contributed by atoms with E-state index in [0.29, 0.717) is 23.5 Å². The van der Waals surface area contributed by atoms with Gasteiger partial charge in [-0.2, -0.15) is 4.98 Å². The lowest BCUT2D eigenvalue weighted by Gasteiger charge is -2.31. The molecule has 40 heavy (non-hydrogen) atoms. The number of nitrogens with one attached hydrogen (secondary N) is 3. The van der Waals surface area contributed by atoms with Gasteiger partial charge in [-0.25, -0.2) is 13.4 Å². The summed E-state index contributed by atoms with van der Waals surface area (Å²) in [6, 6.07) is 11.6. The van der Waals surface area contributed by atoms with Gasteiger partial charge in [0, 0.05) is 19.1 Å². The van der Waals surface area contributed by atoms with Crippen molar-refractivity contribution >= 4 is 44.6 Å². The van der Waals surface area contributed by atoms with Gasteiger partial charge in [0.1, 0.15) is 10.8 Å². The molecular formula is C29H37ClN6O3S. The second-order valence-electron chi connectivity index (χ2n) is 10.9. The monoisotopic (exact) mass is 584 g/mol. The van der Waals surface area contributed by atoms with E-state index in [4.69, 9.17) is 16.3 Å². The van der Waals surface area contributed by atoms with Crippen molar-refractivity contribution < 1.29 is 13.2 Å². The maximum Gasteiger partial charge on any atom is 0.229 e. The molecule has 0 bridgehead atoms. The van der Waals surface area contributed by atoms with Gasteiger partial charge in [0.05, 0.1) is 33.8 Å². The number of piperidine rings is 1. The largest absolute Gasteiger partial charge is 0.489 e. The van der Waals surface area contributed by atoms with E-state index in [1.54, 1.807) is 38.1 Å². The fourth-order valence-electron chi connectivity index (χ4n) is 5.17. The topological polar surface area (TPSA) is 108 Å². The molecule has 214 valence electrons. The SMILES string of the molecule is CC(C)Oc1cc2c(cc1Nc1ncc(Cl)c(Nc3ccccc3S(=O)(=O)C(C)C)n1)CN(C1CCNCC1)C2. The first-order chi connectivity index (χ1) is 19.1. The molecule has 1 saturated heterocycles. The zero-order chi connectivity index (χ0) is 28.4. The molecule has 0 atom stereocenters. The summed E-state index contributed by atoms with van der Waals surface area (Å²) in [5.41, 5.74) is 3.72. The Labute approximate surface area is 241 Å². The van der Waals surface area contributed by atoms with Crippen molar-refractivity contribution in [3.8, 4) is 5.75 Å². The molecule has 2 aliphatic rings. The minimum Gasteiger partial charge on any atom is -0.489 e. The van der Waals surface area contributed by atoms with Gasteiger partial charge in [-0.05, 0) is 89.0 Å². The third-order valence-electron chi connectivity index (χ3n) is 7.29. The standard InChI is InChI=1S/C29H37ClN6O3S/c1-18(2)39-26-14-21-17-36(22-9-11-31-12-10-22)16-20(21)13-25(26)34-29-32-15-23(30)28(35-29)33-24-7-5-6-8-27(24)40(37,38)19(3)4/h5-8,13-15,18-19,22,31H,9-12,16-17H2,1-4H3,(H2,32,33,34,35). The highest BCUT2D eigenvalue weighted by Gasteiger charge is 2.29. The van der Waals surface area contributed by atoms with E-state index >= 15 is 0 Å². The third-order valence-corrected chi connectivity index (χ3v) is 9.78. The fraction of sp³-hybridized carbons (Fsp3) is 0.448. The van der Waals surface area contributed by atoms with Crippen LogP contribution in [0.5, 0.6) is 5.75 Å². The Morgan fingerprint density at radius 3 is 2.42 bits per heavy atom. The number of rotatable bonds is 9. The first-order valence-corrected chi connectivity index (χ1v) is 15.7. The summed E-state index contributed by atoms with van der Waals surface area (Å²) in [5, 5.41) is 9.59. The Morgan fingerprint density at radius 2 is 1.73 bits per heavy atom. The molecule has 11 heteroatoms. The molecule has 0 unspecified atom stereocenters. The second kappa shape index (κ2) is 11.9. The summed E-state index contributed by atoms with van der Waals surface area (Å²) < 4.78 is 32.1. The number of hydrogen-bond acceptors (Lipinski definition) is 9. The van der Waals surface area contributed by atoms with Crippen molar-refractivity contribution in [1.82, 2.24) is 20.2 Å². The van der Waals surface area contributed by atoms with Gasteiger partial charge >= 0.3 is 0 Å². The molecule has 1 fully saturated rings. The fourth-order valence-corrected chi connectivity index (χ4v) is 6.51. The van der Waals surface area contributed by atoms with E-state index in [0.717, 1.165) is 50.5 Å². The molecule has 1 aromatic heterocycles. The number of sulfone groups is 1. The van der Waals surface area contributed by atoms with E-state index in [-0.39, 0.29) is 16.0 Å². The summed E-state index contributed by atoms with van der Waals surface area (Å²) >= 11 is 6.45. The van der Waals surface area contributed by atoms with Crippen LogP contribution in [0.2, 0.25) is 5.02 Å². The number of fused-ring (bicyclic) bond motifs is 1. The van der Waals surface area contributed by atoms with Gasteiger partial charge in [0.2, 0.25) is 5.95 Å². The van der Waals surface area contributed by atoms with E-state index in [2.05, 4.69) is 43.0 Å². The molecule has 0 amide bonds. The minimum absolute atomic E-state index is 0.0108. The number of anilines is 4. The van der Waals surface area contributed by atoms with Crippen molar-refractivity contribution in [2.24, 2.45) is 0 Å². The smallest absolute Gasteiger partial charge is 0.229 e. The summed E-state index contributed by atoms with van der Waals surface area (Å²) in [6.45, 7) is 11.2. The molecule has 0 saturated carbocycles. The van der Waals surface area contributed by atoms with Gasteiger partial charge in [-0.3, -0.25) is 4.90 Å². The Balaban J connectivity index is 1.42. The lowest BCUT2D eigenvalue weighted by Crippen LogP contribution is -2.40. The zero-order valence-electron chi connectivity index (χ0n) is 23.4. The molecule has 2 aliphatic heterocycles. The Bertz CT molecular complexity index is 1470. The molecule has 3 N–H and O–H groups in total. The van der Waals surface area contributed by atoms with E-state index in [9.17, 15) is 8.42 Å². The van der Waals surface area contributed by atoms with Gasteiger partial charge in [0.25, 0.3) is 0 Å². The number of benzene rings is 2. The van der Waals surface area contributed by atoms with Gasteiger partial charge < -0.3 is 20.7 Å². The molecule has 0 spiro atoms. The van der Waals surface area contributed by atoms with Crippen molar-refractivity contribution in [1.29, 1.82) is 0 Å². The average Bonchev–Trinajstić information content (AvgIpc) is 3.34. The van der Waals surface area contributed by atoms with Crippen LogP contribution < -0.4 is 20.7 Å². The molecule has 3 aromatic rings. The maximum absolute atomic E-state index is 12.9. The summed E-state index contributed by atoms with van der Waals surface area (Å²) in [4.78, 5) is 11.7. The molecular weight excluding hydrogens is 548 g/mol. The highest BCUT2D eigenvalue weighted by molar-refractivity contribution is 7.92. The number of hydrogen-bond donors (Lipinski definition) is 3. The van der Waals surface area contributed by atoms with Gasteiger partial charge in [-0.1, -0.05) is 23.7 Å². The summed E-state index contributed by atoms with van der Waals surface area (Å²) in [7, 11) is -3.52. The Morgan fingerprint density at radius 1 is 1.02 bits per heavy atom. The predicted molar refractivity (Wildman–Crippen MR) is 160 cm³/mol. The first kappa shape index (κ1) is 28.6. The summed E-state index contributed by atoms with van der Waals surface area (Å²) in [6.07, 6.45) is 3.80. The minimum atomic E-state index is -3.52. The molecule has 3 heterocycles. The van der Waals surface area contributed by atoms with Crippen LogP contribution in [0.25, 0.3) is 0 Å². The first-order valence-electron chi connectivity index (χ1n) is 13.8. The lowest BCUT2D eigenvalue weighted by atomic mass is 10.1. The second-order valence-corrected chi connectivity index (χ2v) is 13.8. The quantitative estimate of drug-likeness (QED) is 0.294. The maximum atomic E-state index is 12.9. The lowest BCUT2D eigenvalue weighted by molar-refractivity contribution is 0.163. The molecule has 9 nitrogen and oxygen atoms in total. The van der Waals surface area contributed by atoms with Crippen LogP contribution in [0, 0.1) is 0 Å². The average molecular weight is 585 g/mol. The van der Waals surface area contributed by atoms with E-state index < -0.39 is 15.1 Å². The van der Waals surface area contributed by atoms with Gasteiger partial charge in [-0.15, -0.1) is 0 Å². The molecule has 2 aromatic carbocycles. The number of para-hydroxylation sites is 1. The van der Waals surface area contributed by atoms with Crippen LogP contribution in [-0.4, -0.2) is 53.8 Å². The Kier molecular flexibility index (Phi) is 8.51. The van der Waals surface area contributed by atoms with Crippen molar-refractivity contribution in [3.05, 3.63) is 58.7 Å². The van der Waals surface area contributed by atoms with E-state index in [1.807, 2.05) is 13.8 Å². The normalized spacial score (nSPS) is 16.4. The van der Waals surface area contributed by atoms with Crippen LogP contribution >= 0.6 is 11.6 Å². The van der Waals surface area contributed by atoms with Crippen LogP contribution in [0.15, 0.2) is 47.5 Å². The van der Waals surface area contributed by atoms with Crippen molar-refractivity contribution in [2.75, 3.05) is 23.7 Å². The van der Waals surface area contributed by atoms with Crippen LogP contribution in [-0.2, 0) is 22.9 Å². The highest BCUT2D eigenvalue weighted by atomic mass is 35.5. The zero-order valence-corrected chi connectivity index (χ0v) is 24.9. The number of aromatic nitrogens is 2. The molecule has 0 aliphatic carbocycles. The van der Waals surface area contributed by atoms with Crippen molar-refractivity contribution in [2.45, 2.75) is 75.9 Å². The summed E-state index contributed by atoms with van der Waals surface area (Å²) in [5.74, 6) is 1.36. The van der Waals surface area contributed by atoms with Gasteiger partial charge in [0.15, 0.2) is 15.7 Å². The third kappa shape index (κ3) is 6.20. The number of halogens is 1. The van der Waals surface area contributed by atoms with Crippen molar-refractivity contribution in [3.63, 3.8) is 0 Å².